The third-order valence-electron chi connectivity index (χ3n) is 4.55. The van der Waals surface area contributed by atoms with Gasteiger partial charge in [0.15, 0.2) is 11.5 Å². The summed E-state index contributed by atoms with van der Waals surface area (Å²) >= 11 is 0. The molecule has 0 heterocycles. The van der Waals surface area contributed by atoms with E-state index >= 15 is 0 Å². The molecule has 0 aromatic heterocycles. The number of rotatable bonds is 9. The predicted molar refractivity (Wildman–Crippen MR) is 110 cm³/mol. The molecule has 0 spiro atoms. The number of aryl methyl sites for hydroxylation is 1. The quantitative estimate of drug-likeness (QED) is 0.513. The molecule has 6 heteroatoms. The molecule has 6 nitrogen and oxygen atoms in total. The van der Waals surface area contributed by atoms with E-state index in [9.17, 15) is 9.59 Å². The molecule has 0 fully saturated rings. The molecule has 0 unspecified atom stereocenters. The largest absolute Gasteiger partial charge is 0.493 e. The van der Waals surface area contributed by atoms with Gasteiger partial charge in [-0.3, -0.25) is 9.59 Å². The average Bonchev–Trinajstić information content (AvgIpc) is 2.71. The lowest BCUT2D eigenvalue weighted by Gasteiger charge is -2.23. The van der Waals surface area contributed by atoms with Crippen LogP contribution in [-0.4, -0.2) is 32.6 Å². The SMILES string of the molecule is COc1ccc(NC(=O)C(C)(C)C(=O)NCCCc2ccccc2)cc1OC. The van der Waals surface area contributed by atoms with Gasteiger partial charge in [-0.1, -0.05) is 30.3 Å². The van der Waals surface area contributed by atoms with Gasteiger partial charge in [0.05, 0.1) is 14.2 Å². The lowest BCUT2D eigenvalue weighted by atomic mass is 9.91. The summed E-state index contributed by atoms with van der Waals surface area (Å²) in [4.78, 5) is 25.2. The first-order valence-electron chi connectivity index (χ1n) is 9.24. The van der Waals surface area contributed by atoms with E-state index in [4.69, 9.17) is 9.47 Å². The van der Waals surface area contributed by atoms with E-state index in [1.807, 2.05) is 18.2 Å². The molecule has 0 atom stereocenters. The molecule has 2 aromatic carbocycles. The zero-order valence-electron chi connectivity index (χ0n) is 16.9. The molecule has 0 saturated heterocycles. The Kier molecular flexibility index (Phi) is 7.44. The highest BCUT2D eigenvalue weighted by Crippen LogP contribution is 2.30. The molecule has 0 bridgehead atoms. The van der Waals surface area contributed by atoms with Crippen LogP contribution in [0.5, 0.6) is 11.5 Å². The first kappa shape index (κ1) is 21.3. The van der Waals surface area contributed by atoms with Crippen molar-refractivity contribution in [1.29, 1.82) is 0 Å². The Bertz CT molecular complexity index is 803. The van der Waals surface area contributed by atoms with E-state index in [2.05, 4.69) is 22.8 Å². The van der Waals surface area contributed by atoms with Gasteiger partial charge < -0.3 is 20.1 Å². The van der Waals surface area contributed by atoms with Crippen LogP contribution in [0.1, 0.15) is 25.8 Å². The van der Waals surface area contributed by atoms with Crippen LogP contribution in [0.4, 0.5) is 5.69 Å². The van der Waals surface area contributed by atoms with Crippen molar-refractivity contribution < 1.29 is 19.1 Å². The maximum atomic E-state index is 12.6. The third kappa shape index (κ3) is 5.49. The second-order valence-corrected chi connectivity index (χ2v) is 6.99. The first-order valence-corrected chi connectivity index (χ1v) is 9.24. The third-order valence-corrected chi connectivity index (χ3v) is 4.55. The maximum Gasteiger partial charge on any atom is 0.239 e. The van der Waals surface area contributed by atoms with E-state index < -0.39 is 5.41 Å². The number of hydrogen-bond donors (Lipinski definition) is 2. The highest BCUT2D eigenvalue weighted by atomic mass is 16.5. The Morgan fingerprint density at radius 3 is 2.25 bits per heavy atom. The van der Waals surface area contributed by atoms with Gasteiger partial charge >= 0.3 is 0 Å². The van der Waals surface area contributed by atoms with Gasteiger partial charge in [-0.05, 0) is 44.4 Å². The van der Waals surface area contributed by atoms with E-state index in [1.54, 1.807) is 39.2 Å². The average molecular weight is 384 g/mol. The van der Waals surface area contributed by atoms with Crippen LogP contribution in [0.15, 0.2) is 48.5 Å². The van der Waals surface area contributed by atoms with E-state index in [0.717, 1.165) is 12.8 Å². The van der Waals surface area contributed by atoms with Crippen LogP contribution in [-0.2, 0) is 16.0 Å². The minimum Gasteiger partial charge on any atom is -0.493 e. The van der Waals surface area contributed by atoms with Crippen molar-refractivity contribution in [3.05, 3.63) is 54.1 Å². The number of ether oxygens (including phenoxy) is 2. The van der Waals surface area contributed by atoms with Crippen molar-refractivity contribution >= 4 is 17.5 Å². The first-order chi connectivity index (χ1) is 13.4. The molecule has 0 aliphatic rings. The Morgan fingerprint density at radius 2 is 1.61 bits per heavy atom. The molecular weight excluding hydrogens is 356 g/mol. The van der Waals surface area contributed by atoms with Crippen LogP contribution in [0, 0.1) is 5.41 Å². The Balaban J connectivity index is 1.89. The van der Waals surface area contributed by atoms with Crippen molar-refractivity contribution in [2.45, 2.75) is 26.7 Å². The highest BCUT2D eigenvalue weighted by molar-refractivity contribution is 6.09. The summed E-state index contributed by atoms with van der Waals surface area (Å²) in [5.41, 5.74) is 0.551. The van der Waals surface area contributed by atoms with Crippen LogP contribution >= 0.6 is 0 Å². The monoisotopic (exact) mass is 384 g/mol. The van der Waals surface area contributed by atoms with E-state index in [1.165, 1.54) is 12.7 Å². The summed E-state index contributed by atoms with van der Waals surface area (Å²) in [5.74, 6) is 0.373. The summed E-state index contributed by atoms with van der Waals surface area (Å²) < 4.78 is 10.4. The number of nitrogens with one attached hydrogen (secondary N) is 2. The molecule has 2 amide bonds. The van der Waals surface area contributed by atoms with Gasteiger partial charge in [-0.2, -0.15) is 0 Å². The number of benzene rings is 2. The van der Waals surface area contributed by atoms with Crippen LogP contribution in [0.3, 0.4) is 0 Å². The van der Waals surface area contributed by atoms with Gasteiger partial charge in [-0.25, -0.2) is 0 Å². The number of hydrogen-bond acceptors (Lipinski definition) is 4. The lowest BCUT2D eigenvalue weighted by molar-refractivity contribution is -0.138. The molecule has 2 N–H and O–H groups in total. The fraction of sp³-hybridized carbons (Fsp3) is 0.364. The lowest BCUT2D eigenvalue weighted by Crippen LogP contribution is -2.45. The molecule has 0 radical (unpaired) electrons. The molecule has 2 rings (SSSR count). The van der Waals surface area contributed by atoms with E-state index in [-0.39, 0.29) is 11.8 Å². The fourth-order valence-electron chi connectivity index (χ4n) is 2.66. The highest BCUT2D eigenvalue weighted by Gasteiger charge is 2.35. The zero-order valence-corrected chi connectivity index (χ0v) is 16.9. The van der Waals surface area contributed by atoms with Gasteiger partial charge in [0.1, 0.15) is 5.41 Å². The number of anilines is 1. The van der Waals surface area contributed by atoms with Gasteiger partial charge in [0.25, 0.3) is 0 Å². The molecule has 0 aliphatic carbocycles. The van der Waals surface area contributed by atoms with Crippen molar-refractivity contribution in [3.63, 3.8) is 0 Å². The van der Waals surface area contributed by atoms with Crippen molar-refractivity contribution in [3.8, 4) is 11.5 Å². The van der Waals surface area contributed by atoms with Crippen molar-refractivity contribution in [2.75, 3.05) is 26.1 Å². The molecule has 28 heavy (non-hydrogen) atoms. The van der Waals surface area contributed by atoms with Gasteiger partial charge in [0.2, 0.25) is 11.8 Å². The summed E-state index contributed by atoms with van der Waals surface area (Å²) in [6, 6.07) is 15.1. The smallest absolute Gasteiger partial charge is 0.239 e. The molecular formula is C22H28N2O4. The van der Waals surface area contributed by atoms with Crippen molar-refractivity contribution in [1.82, 2.24) is 5.32 Å². The number of carbonyl (C=O) groups excluding carboxylic acids is 2. The fourth-order valence-corrected chi connectivity index (χ4v) is 2.66. The number of methoxy groups -OCH3 is 2. The molecule has 150 valence electrons. The Labute approximate surface area is 166 Å². The van der Waals surface area contributed by atoms with Crippen LogP contribution in [0.25, 0.3) is 0 Å². The van der Waals surface area contributed by atoms with Crippen molar-refractivity contribution in [2.24, 2.45) is 5.41 Å². The summed E-state index contributed by atoms with van der Waals surface area (Å²) in [6.45, 7) is 3.73. The number of amides is 2. The summed E-state index contributed by atoms with van der Waals surface area (Å²) in [7, 11) is 3.07. The minimum atomic E-state index is -1.21. The van der Waals surface area contributed by atoms with Gasteiger partial charge in [-0.15, -0.1) is 0 Å². The Morgan fingerprint density at radius 1 is 0.929 bits per heavy atom. The topological polar surface area (TPSA) is 76.7 Å². The normalized spacial score (nSPS) is 10.9. The second kappa shape index (κ2) is 9.78. The maximum absolute atomic E-state index is 12.6. The second-order valence-electron chi connectivity index (χ2n) is 6.99. The number of carbonyl (C=O) groups is 2. The predicted octanol–water partition coefficient (Wildman–Crippen LogP) is 3.42. The summed E-state index contributed by atoms with van der Waals surface area (Å²) in [5, 5.41) is 5.63. The van der Waals surface area contributed by atoms with Crippen LogP contribution < -0.4 is 20.1 Å². The van der Waals surface area contributed by atoms with Gasteiger partial charge in [0, 0.05) is 18.3 Å². The summed E-state index contributed by atoms with van der Waals surface area (Å²) in [6.07, 6.45) is 1.68. The Hall–Kier alpha value is -3.02. The van der Waals surface area contributed by atoms with Crippen LogP contribution in [0.2, 0.25) is 0 Å². The van der Waals surface area contributed by atoms with E-state index in [0.29, 0.717) is 23.7 Å². The molecule has 2 aromatic rings. The molecule has 0 aliphatic heterocycles. The standard InChI is InChI=1S/C22H28N2O4/c1-22(2,20(25)23-14-8-11-16-9-6-5-7-10-16)21(26)24-17-12-13-18(27-3)19(15-17)28-4/h5-7,9-10,12-13,15H,8,11,14H2,1-4H3,(H,23,25)(H,24,26). The zero-order chi connectivity index (χ0) is 20.6. The molecule has 0 saturated carbocycles. The minimum absolute atomic E-state index is 0.307.